The number of anilines is 1. The number of aromatic nitrogens is 1. The van der Waals surface area contributed by atoms with Crippen molar-refractivity contribution in [1.29, 1.82) is 0 Å². The Morgan fingerprint density at radius 2 is 1.78 bits per heavy atom. The first-order valence-electron chi connectivity index (χ1n) is 8.71. The third-order valence-electron chi connectivity index (χ3n) is 4.90. The Hall–Kier alpha value is -2.86. The second kappa shape index (κ2) is 6.70. The fraction of sp³-hybridized carbons (Fsp3) is 0.190. The van der Waals surface area contributed by atoms with Crippen molar-refractivity contribution in [3.8, 4) is 16.9 Å². The van der Waals surface area contributed by atoms with E-state index in [9.17, 15) is 8.42 Å². The van der Waals surface area contributed by atoms with Gasteiger partial charge in [-0.1, -0.05) is 6.07 Å². The van der Waals surface area contributed by atoms with Crippen molar-refractivity contribution in [3.63, 3.8) is 0 Å². The van der Waals surface area contributed by atoms with Gasteiger partial charge >= 0.3 is 0 Å². The van der Waals surface area contributed by atoms with Crippen LogP contribution < -0.4 is 9.04 Å². The highest BCUT2D eigenvalue weighted by Gasteiger charge is 2.31. The molecule has 4 rings (SSSR count). The number of aryl methyl sites for hydroxylation is 1. The molecule has 0 N–H and O–H groups in total. The molecule has 0 atom stereocenters. The number of methoxy groups -OCH3 is 1. The molecular weight excluding hydrogens is 360 g/mol. The zero-order chi connectivity index (χ0) is 19.0. The summed E-state index contributed by atoms with van der Waals surface area (Å²) in [5.74, 6) is 0.678. The molecule has 5 nitrogen and oxygen atoms in total. The second-order valence-electron chi connectivity index (χ2n) is 6.54. The van der Waals surface area contributed by atoms with Crippen molar-refractivity contribution in [2.45, 2.75) is 18.2 Å². The molecule has 0 radical (unpaired) electrons. The third kappa shape index (κ3) is 3.06. The molecule has 2 aromatic carbocycles. The van der Waals surface area contributed by atoms with Crippen LogP contribution in [0.5, 0.6) is 5.75 Å². The minimum atomic E-state index is -3.61. The van der Waals surface area contributed by atoms with Crippen molar-refractivity contribution in [3.05, 3.63) is 72.1 Å². The van der Waals surface area contributed by atoms with E-state index in [2.05, 4.69) is 11.1 Å². The average Bonchev–Trinajstić information content (AvgIpc) is 3.12. The highest BCUT2D eigenvalue weighted by Crippen LogP contribution is 2.36. The summed E-state index contributed by atoms with van der Waals surface area (Å²) in [5.41, 5.74) is 4.72. The van der Waals surface area contributed by atoms with Crippen LogP contribution in [-0.2, 0) is 16.4 Å². The highest BCUT2D eigenvalue weighted by molar-refractivity contribution is 7.92. The van der Waals surface area contributed by atoms with Crippen molar-refractivity contribution in [2.24, 2.45) is 0 Å². The van der Waals surface area contributed by atoms with Crippen LogP contribution in [0.4, 0.5) is 5.69 Å². The van der Waals surface area contributed by atoms with Crippen molar-refractivity contribution in [1.82, 2.24) is 4.98 Å². The summed E-state index contributed by atoms with van der Waals surface area (Å²) in [6.45, 7) is 2.29. The lowest BCUT2D eigenvalue weighted by molar-refractivity contribution is 0.411. The Morgan fingerprint density at radius 3 is 2.48 bits per heavy atom. The zero-order valence-electron chi connectivity index (χ0n) is 15.2. The number of rotatable bonds is 4. The third-order valence-corrected chi connectivity index (χ3v) is 6.71. The first-order valence-corrected chi connectivity index (χ1v) is 10.2. The molecule has 2 heterocycles. The van der Waals surface area contributed by atoms with Gasteiger partial charge in [-0.2, -0.15) is 0 Å². The fourth-order valence-corrected chi connectivity index (χ4v) is 5.07. The molecule has 3 aromatic rings. The predicted molar refractivity (Wildman–Crippen MR) is 106 cm³/mol. The van der Waals surface area contributed by atoms with Gasteiger partial charge in [0.1, 0.15) is 5.75 Å². The lowest BCUT2D eigenvalue weighted by atomic mass is 10.0. The number of ether oxygens (including phenoxy) is 1. The highest BCUT2D eigenvalue weighted by atomic mass is 32.2. The van der Waals surface area contributed by atoms with Gasteiger partial charge in [-0.25, -0.2) is 8.42 Å². The maximum Gasteiger partial charge on any atom is 0.264 e. The normalized spacial score (nSPS) is 13.5. The van der Waals surface area contributed by atoms with E-state index in [-0.39, 0.29) is 4.90 Å². The van der Waals surface area contributed by atoms with Gasteiger partial charge in [0.15, 0.2) is 0 Å². The van der Waals surface area contributed by atoms with Crippen molar-refractivity contribution in [2.75, 3.05) is 18.0 Å². The Bertz CT molecular complexity index is 1100. The van der Waals surface area contributed by atoms with Crippen LogP contribution in [0.25, 0.3) is 11.1 Å². The molecule has 0 amide bonds. The van der Waals surface area contributed by atoms with Gasteiger partial charge < -0.3 is 4.74 Å². The number of fused-ring (bicyclic) bond motifs is 1. The molecule has 0 spiro atoms. The minimum absolute atomic E-state index is 0.284. The van der Waals surface area contributed by atoms with Gasteiger partial charge in [-0.05, 0) is 78.1 Å². The van der Waals surface area contributed by atoms with Gasteiger partial charge in [0.2, 0.25) is 0 Å². The Kier molecular flexibility index (Phi) is 4.36. The summed E-state index contributed by atoms with van der Waals surface area (Å²) < 4.78 is 33.1. The maximum absolute atomic E-state index is 13.2. The van der Waals surface area contributed by atoms with E-state index < -0.39 is 10.0 Å². The lowest BCUT2D eigenvalue weighted by Crippen LogP contribution is -2.29. The van der Waals surface area contributed by atoms with Gasteiger partial charge in [0.25, 0.3) is 10.0 Å². The smallest absolute Gasteiger partial charge is 0.264 e. The second-order valence-corrected chi connectivity index (χ2v) is 8.40. The number of pyridine rings is 1. The maximum atomic E-state index is 13.2. The monoisotopic (exact) mass is 380 g/mol. The summed E-state index contributed by atoms with van der Waals surface area (Å²) in [7, 11) is -2.03. The average molecular weight is 380 g/mol. The van der Waals surface area contributed by atoms with Crippen LogP contribution in [-0.4, -0.2) is 27.1 Å². The van der Waals surface area contributed by atoms with Crippen LogP contribution >= 0.6 is 0 Å². The van der Waals surface area contributed by atoms with E-state index in [1.807, 2.05) is 31.2 Å². The molecule has 0 saturated heterocycles. The van der Waals surface area contributed by atoms with Crippen LogP contribution in [0.1, 0.15) is 11.1 Å². The Morgan fingerprint density at radius 1 is 1.00 bits per heavy atom. The number of hydrogen-bond donors (Lipinski definition) is 0. The molecule has 138 valence electrons. The van der Waals surface area contributed by atoms with E-state index in [1.165, 1.54) is 4.31 Å². The van der Waals surface area contributed by atoms with Crippen molar-refractivity contribution < 1.29 is 13.2 Å². The SMILES string of the molecule is COc1ccc(S(=O)(=O)N2CCc3cc(-c4ccncc4)ccc32)cc1C. The van der Waals surface area contributed by atoms with Crippen molar-refractivity contribution >= 4 is 15.7 Å². The molecule has 1 aliphatic heterocycles. The standard InChI is InChI=1S/C21H20N2O3S/c1-15-13-19(4-6-21(15)26-2)27(24,25)23-12-9-18-14-17(3-5-20(18)23)16-7-10-22-11-8-16/h3-8,10-11,13-14H,9,12H2,1-2H3. The quantitative estimate of drug-likeness (QED) is 0.690. The summed E-state index contributed by atoms with van der Waals surface area (Å²) >= 11 is 0. The van der Waals surface area contributed by atoms with Gasteiger partial charge in [-0.3, -0.25) is 9.29 Å². The number of benzene rings is 2. The molecule has 0 saturated carbocycles. The number of nitrogens with zero attached hydrogens (tertiary/aromatic N) is 2. The molecule has 27 heavy (non-hydrogen) atoms. The topological polar surface area (TPSA) is 59.5 Å². The van der Waals surface area contributed by atoms with Crippen LogP contribution in [0.2, 0.25) is 0 Å². The summed E-state index contributed by atoms with van der Waals surface area (Å²) in [4.78, 5) is 4.33. The Labute approximate surface area is 159 Å². The first kappa shape index (κ1) is 17.5. The van der Waals surface area contributed by atoms with Crippen LogP contribution in [0.15, 0.2) is 65.8 Å². The molecule has 1 aromatic heterocycles. The molecule has 0 bridgehead atoms. The molecule has 0 fully saturated rings. The van der Waals surface area contributed by atoms with E-state index in [1.54, 1.807) is 37.7 Å². The number of sulfonamides is 1. The van der Waals surface area contributed by atoms with Crippen LogP contribution in [0, 0.1) is 6.92 Å². The fourth-order valence-electron chi connectivity index (χ4n) is 3.48. The summed E-state index contributed by atoms with van der Waals surface area (Å²) in [5, 5.41) is 0. The van der Waals surface area contributed by atoms with Gasteiger partial charge in [0.05, 0.1) is 17.7 Å². The summed E-state index contributed by atoms with van der Waals surface area (Å²) in [6.07, 6.45) is 4.21. The lowest BCUT2D eigenvalue weighted by Gasteiger charge is -2.20. The predicted octanol–water partition coefficient (Wildman–Crippen LogP) is 3.82. The molecular formula is C21H20N2O3S. The molecule has 1 aliphatic rings. The van der Waals surface area contributed by atoms with E-state index in [0.717, 1.165) is 27.9 Å². The van der Waals surface area contributed by atoms with Gasteiger partial charge in [0, 0.05) is 18.9 Å². The summed E-state index contributed by atoms with van der Waals surface area (Å²) in [6, 6.07) is 14.8. The largest absolute Gasteiger partial charge is 0.496 e. The van der Waals surface area contributed by atoms with Crippen LogP contribution in [0.3, 0.4) is 0 Å². The minimum Gasteiger partial charge on any atom is -0.496 e. The van der Waals surface area contributed by atoms with E-state index in [4.69, 9.17) is 4.74 Å². The molecule has 0 unspecified atom stereocenters. The Balaban J connectivity index is 1.70. The molecule has 6 heteroatoms. The van der Waals surface area contributed by atoms with Gasteiger partial charge in [-0.15, -0.1) is 0 Å². The number of hydrogen-bond acceptors (Lipinski definition) is 4. The van der Waals surface area contributed by atoms with E-state index in [0.29, 0.717) is 18.7 Å². The molecule has 0 aliphatic carbocycles. The zero-order valence-corrected chi connectivity index (χ0v) is 16.0. The first-order chi connectivity index (χ1) is 13.0. The van der Waals surface area contributed by atoms with E-state index >= 15 is 0 Å².